The zero-order valence-corrected chi connectivity index (χ0v) is 15.1. The molecule has 140 valence electrons. The minimum atomic E-state index is -0.466. The van der Waals surface area contributed by atoms with E-state index in [1.807, 2.05) is 18.2 Å². The molecular weight excluding hydrogens is 356 g/mol. The van der Waals surface area contributed by atoms with Gasteiger partial charge in [-0.1, -0.05) is 12.1 Å². The number of carbonyl (C=O) groups excluding carboxylic acids is 1. The molecule has 0 spiro atoms. The Bertz CT molecular complexity index is 1160. The summed E-state index contributed by atoms with van der Waals surface area (Å²) < 4.78 is 1.70. The average molecular weight is 374 g/mol. The Balaban J connectivity index is 1.75. The number of nitrogens with one attached hydrogen (secondary N) is 1. The monoisotopic (exact) mass is 374 g/mol. The first kappa shape index (κ1) is 17.4. The van der Waals surface area contributed by atoms with Crippen LogP contribution < -0.4 is 16.8 Å². The van der Waals surface area contributed by atoms with Gasteiger partial charge < -0.3 is 16.8 Å². The highest BCUT2D eigenvalue weighted by Gasteiger charge is 2.17. The standard InChI is InChI=1S/C19H18N8O/c1-11-24-14(9-15(20)25-11)17-19(26-16-6-3-7-23-27(16)17)22-10-12-4-2-5-13(8-12)18(21)28/h2-9,22H,10H2,1H3,(H2,21,28)(H2,20,24,25). The molecule has 5 N–H and O–H groups in total. The molecule has 0 aliphatic rings. The fraction of sp³-hybridized carbons (Fsp3) is 0.105. The summed E-state index contributed by atoms with van der Waals surface area (Å²) in [6, 6.07) is 12.5. The van der Waals surface area contributed by atoms with Crippen LogP contribution in [0.3, 0.4) is 0 Å². The Morgan fingerprint density at radius 2 is 2.00 bits per heavy atom. The molecule has 0 saturated heterocycles. The van der Waals surface area contributed by atoms with Gasteiger partial charge in [-0.25, -0.2) is 19.5 Å². The number of aromatic nitrogens is 5. The molecule has 1 amide bonds. The number of carbonyl (C=O) groups is 1. The second-order valence-electron chi connectivity index (χ2n) is 6.25. The van der Waals surface area contributed by atoms with Gasteiger partial charge in [-0.15, -0.1) is 0 Å². The summed E-state index contributed by atoms with van der Waals surface area (Å²) in [6.07, 6.45) is 1.68. The van der Waals surface area contributed by atoms with E-state index in [0.717, 1.165) is 5.56 Å². The predicted octanol–water partition coefficient (Wildman–Crippen LogP) is 1.79. The van der Waals surface area contributed by atoms with Crippen LogP contribution in [-0.4, -0.2) is 30.5 Å². The second kappa shape index (κ2) is 6.95. The van der Waals surface area contributed by atoms with Crippen LogP contribution in [0.15, 0.2) is 48.7 Å². The number of nitrogens with two attached hydrogens (primary N) is 2. The molecule has 3 aromatic heterocycles. The lowest BCUT2D eigenvalue weighted by atomic mass is 10.1. The number of hydrogen-bond donors (Lipinski definition) is 3. The van der Waals surface area contributed by atoms with Gasteiger partial charge in [0.1, 0.15) is 17.3 Å². The number of primary amides is 1. The van der Waals surface area contributed by atoms with Crippen LogP contribution in [0.2, 0.25) is 0 Å². The maximum absolute atomic E-state index is 11.4. The van der Waals surface area contributed by atoms with E-state index in [0.29, 0.717) is 46.6 Å². The summed E-state index contributed by atoms with van der Waals surface area (Å²) in [6.45, 7) is 2.22. The highest BCUT2D eigenvalue weighted by atomic mass is 16.1. The number of aryl methyl sites for hydroxylation is 1. The Kier molecular flexibility index (Phi) is 4.32. The Morgan fingerprint density at radius 3 is 2.79 bits per heavy atom. The highest BCUT2D eigenvalue weighted by molar-refractivity contribution is 5.92. The highest BCUT2D eigenvalue weighted by Crippen LogP contribution is 2.28. The van der Waals surface area contributed by atoms with Crippen molar-refractivity contribution in [2.45, 2.75) is 13.5 Å². The van der Waals surface area contributed by atoms with E-state index in [1.165, 1.54) is 0 Å². The van der Waals surface area contributed by atoms with E-state index in [4.69, 9.17) is 11.5 Å². The van der Waals surface area contributed by atoms with Crippen molar-refractivity contribution in [3.05, 3.63) is 65.6 Å². The summed E-state index contributed by atoms with van der Waals surface area (Å²) in [5.41, 5.74) is 14.6. The Morgan fingerprint density at radius 1 is 1.14 bits per heavy atom. The topological polar surface area (TPSA) is 137 Å². The van der Waals surface area contributed by atoms with Gasteiger partial charge in [0.2, 0.25) is 5.91 Å². The number of benzene rings is 1. The lowest BCUT2D eigenvalue weighted by molar-refractivity contribution is 0.1000. The van der Waals surface area contributed by atoms with Crippen LogP contribution >= 0.6 is 0 Å². The van der Waals surface area contributed by atoms with Crippen molar-refractivity contribution in [1.29, 1.82) is 0 Å². The van der Waals surface area contributed by atoms with Crippen molar-refractivity contribution < 1.29 is 4.79 Å². The molecule has 0 atom stereocenters. The molecule has 3 heterocycles. The minimum absolute atomic E-state index is 0.369. The molecule has 0 bridgehead atoms. The van der Waals surface area contributed by atoms with Crippen LogP contribution in [-0.2, 0) is 6.54 Å². The molecule has 0 aliphatic heterocycles. The lowest BCUT2D eigenvalue weighted by Gasteiger charge is -2.08. The first-order valence-corrected chi connectivity index (χ1v) is 8.59. The van der Waals surface area contributed by atoms with Gasteiger partial charge in [0.25, 0.3) is 0 Å². The van der Waals surface area contributed by atoms with Crippen molar-refractivity contribution in [3.8, 4) is 11.4 Å². The molecule has 9 heteroatoms. The maximum atomic E-state index is 11.4. The van der Waals surface area contributed by atoms with Crippen LogP contribution in [0.1, 0.15) is 21.7 Å². The van der Waals surface area contributed by atoms with Crippen molar-refractivity contribution in [3.63, 3.8) is 0 Å². The summed E-state index contributed by atoms with van der Waals surface area (Å²) in [4.78, 5) is 24.6. The first-order chi connectivity index (χ1) is 13.5. The predicted molar refractivity (Wildman–Crippen MR) is 105 cm³/mol. The Hall–Kier alpha value is -4.01. The summed E-state index contributed by atoms with van der Waals surface area (Å²) in [5, 5.41) is 7.68. The van der Waals surface area contributed by atoms with Crippen molar-refractivity contribution >= 4 is 23.2 Å². The SMILES string of the molecule is Cc1nc(N)cc(-c2c(NCc3cccc(C(N)=O)c3)nc3cccnn23)n1. The third-order valence-electron chi connectivity index (χ3n) is 4.16. The summed E-state index contributed by atoms with van der Waals surface area (Å²) in [7, 11) is 0. The van der Waals surface area contributed by atoms with Crippen LogP contribution in [0.4, 0.5) is 11.6 Å². The molecule has 0 saturated carbocycles. The largest absolute Gasteiger partial charge is 0.384 e. The molecule has 0 aliphatic carbocycles. The Labute approximate surface area is 160 Å². The van der Waals surface area contributed by atoms with Gasteiger partial charge >= 0.3 is 0 Å². The average Bonchev–Trinajstić information content (AvgIpc) is 3.04. The minimum Gasteiger partial charge on any atom is -0.384 e. The molecule has 0 fully saturated rings. The van der Waals surface area contributed by atoms with E-state index in [2.05, 4.69) is 25.4 Å². The molecule has 4 rings (SSSR count). The van der Waals surface area contributed by atoms with E-state index < -0.39 is 5.91 Å². The van der Waals surface area contributed by atoms with Crippen molar-refractivity contribution in [2.75, 3.05) is 11.1 Å². The van der Waals surface area contributed by atoms with Gasteiger partial charge in [0.05, 0.1) is 5.69 Å². The normalized spacial score (nSPS) is 10.9. The third-order valence-corrected chi connectivity index (χ3v) is 4.16. The number of rotatable bonds is 5. The van der Waals surface area contributed by atoms with Gasteiger partial charge in [-0.2, -0.15) is 5.10 Å². The molecule has 0 radical (unpaired) electrons. The number of imidazole rings is 1. The third kappa shape index (κ3) is 3.32. The van der Waals surface area contributed by atoms with Crippen LogP contribution in [0.5, 0.6) is 0 Å². The molecule has 1 aromatic carbocycles. The summed E-state index contributed by atoms with van der Waals surface area (Å²) >= 11 is 0. The van der Waals surface area contributed by atoms with Crippen LogP contribution in [0.25, 0.3) is 17.0 Å². The van der Waals surface area contributed by atoms with E-state index in [9.17, 15) is 4.79 Å². The van der Waals surface area contributed by atoms with Crippen molar-refractivity contribution in [1.82, 2.24) is 24.6 Å². The number of nitrogen functional groups attached to an aromatic ring is 1. The first-order valence-electron chi connectivity index (χ1n) is 8.59. The number of hydrogen-bond acceptors (Lipinski definition) is 7. The second-order valence-corrected chi connectivity index (χ2v) is 6.25. The smallest absolute Gasteiger partial charge is 0.248 e. The van der Waals surface area contributed by atoms with E-state index in [1.54, 1.807) is 41.9 Å². The zero-order chi connectivity index (χ0) is 19.7. The summed E-state index contributed by atoms with van der Waals surface area (Å²) in [5.74, 6) is 1.06. The van der Waals surface area contributed by atoms with Gasteiger partial charge in [0.15, 0.2) is 11.5 Å². The molecule has 28 heavy (non-hydrogen) atoms. The fourth-order valence-corrected chi connectivity index (χ4v) is 2.97. The maximum Gasteiger partial charge on any atom is 0.248 e. The number of anilines is 2. The molecule has 0 unspecified atom stereocenters. The molecule has 4 aromatic rings. The number of fused-ring (bicyclic) bond motifs is 1. The van der Waals surface area contributed by atoms with E-state index >= 15 is 0 Å². The number of amides is 1. The van der Waals surface area contributed by atoms with E-state index in [-0.39, 0.29) is 0 Å². The number of nitrogens with zero attached hydrogens (tertiary/aromatic N) is 5. The van der Waals surface area contributed by atoms with Gasteiger partial charge in [0, 0.05) is 24.4 Å². The zero-order valence-electron chi connectivity index (χ0n) is 15.1. The molecule has 9 nitrogen and oxygen atoms in total. The quantitative estimate of drug-likeness (QED) is 0.484. The van der Waals surface area contributed by atoms with Crippen molar-refractivity contribution in [2.24, 2.45) is 5.73 Å². The fourth-order valence-electron chi connectivity index (χ4n) is 2.97. The van der Waals surface area contributed by atoms with Crippen LogP contribution in [0, 0.1) is 6.92 Å². The molecular formula is C19H18N8O. The lowest BCUT2D eigenvalue weighted by Crippen LogP contribution is -2.11. The van der Waals surface area contributed by atoms with Gasteiger partial charge in [-0.3, -0.25) is 4.79 Å². The van der Waals surface area contributed by atoms with Gasteiger partial charge in [-0.05, 0) is 36.8 Å².